The van der Waals surface area contributed by atoms with Gasteiger partial charge >= 0.3 is 0 Å². The summed E-state index contributed by atoms with van der Waals surface area (Å²) in [4.78, 5) is 11.5. The van der Waals surface area contributed by atoms with Crippen molar-refractivity contribution in [2.45, 2.75) is 11.8 Å². The van der Waals surface area contributed by atoms with Gasteiger partial charge in [0.05, 0.1) is 10.6 Å². The van der Waals surface area contributed by atoms with Crippen molar-refractivity contribution in [3.05, 3.63) is 29.8 Å². The predicted octanol–water partition coefficient (Wildman–Crippen LogP) is 1.19. The number of thioether (sulfide) groups is 1. The number of sulfonamides is 1. The maximum absolute atomic E-state index is 12.1. The lowest BCUT2D eigenvalue weighted by atomic mass is 10.2. The van der Waals surface area contributed by atoms with Gasteiger partial charge in [0.2, 0.25) is 0 Å². The molecule has 17 heavy (non-hydrogen) atoms. The highest BCUT2D eigenvalue weighted by atomic mass is 32.2. The van der Waals surface area contributed by atoms with Crippen LogP contribution in [0.3, 0.4) is 0 Å². The Morgan fingerprint density at radius 3 is 2.35 bits per heavy atom. The van der Waals surface area contributed by atoms with E-state index in [4.69, 9.17) is 5.41 Å². The fourth-order valence-electron chi connectivity index (χ4n) is 1.42. The fraction of sp³-hybridized carbons (Fsp3) is 0.200. The monoisotopic (exact) mass is 270 g/mol. The van der Waals surface area contributed by atoms with Crippen LogP contribution in [0, 0.1) is 12.3 Å². The molecule has 0 radical (unpaired) electrons. The van der Waals surface area contributed by atoms with Crippen molar-refractivity contribution in [1.82, 2.24) is 4.31 Å². The molecule has 1 aromatic rings. The molecular formula is C10H10N2O3S2. The quantitative estimate of drug-likeness (QED) is 0.875. The summed E-state index contributed by atoms with van der Waals surface area (Å²) >= 11 is 0.919. The summed E-state index contributed by atoms with van der Waals surface area (Å²) in [6.45, 7) is 1.84. The van der Waals surface area contributed by atoms with E-state index in [0.717, 1.165) is 17.3 Å². The lowest BCUT2D eigenvalue weighted by molar-refractivity contribution is -0.120. The molecular weight excluding hydrogens is 260 g/mol. The molecule has 0 spiro atoms. The molecule has 0 bridgehead atoms. The molecule has 90 valence electrons. The lowest BCUT2D eigenvalue weighted by Gasteiger charge is -2.15. The van der Waals surface area contributed by atoms with Crippen LogP contribution in [-0.2, 0) is 14.8 Å². The van der Waals surface area contributed by atoms with E-state index in [-0.39, 0.29) is 15.8 Å². The van der Waals surface area contributed by atoms with Crippen molar-refractivity contribution in [3.63, 3.8) is 0 Å². The maximum atomic E-state index is 12.1. The summed E-state index contributed by atoms with van der Waals surface area (Å²) in [6.07, 6.45) is 0. The minimum atomic E-state index is -3.92. The number of hydrogen-bond donors (Lipinski definition) is 1. The Bertz CT molecular complexity index is 562. The smallest absolute Gasteiger partial charge is 0.272 e. The van der Waals surface area contributed by atoms with Crippen LogP contribution >= 0.6 is 11.8 Å². The summed E-state index contributed by atoms with van der Waals surface area (Å²) < 4.78 is 24.8. The zero-order valence-corrected chi connectivity index (χ0v) is 10.6. The van der Waals surface area contributed by atoms with Crippen LogP contribution in [0.25, 0.3) is 0 Å². The molecule has 1 amide bonds. The molecule has 1 heterocycles. The van der Waals surface area contributed by atoms with Crippen molar-refractivity contribution in [2.24, 2.45) is 0 Å². The summed E-state index contributed by atoms with van der Waals surface area (Å²) in [5.74, 6) is -0.565. The Labute approximate surface area is 103 Å². The molecule has 0 aromatic heterocycles. The third-order valence-corrected chi connectivity index (χ3v) is 5.00. The first-order valence-corrected chi connectivity index (χ1v) is 7.21. The van der Waals surface area contributed by atoms with Gasteiger partial charge in [0.15, 0.2) is 5.17 Å². The highest BCUT2D eigenvalue weighted by Gasteiger charge is 2.38. The highest BCUT2D eigenvalue weighted by Crippen LogP contribution is 2.26. The summed E-state index contributed by atoms with van der Waals surface area (Å²) in [6, 6.07) is 6.19. The molecule has 5 nitrogen and oxygen atoms in total. The van der Waals surface area contributed by atoms with Crippen molar-refractivity contribution < 1.29 is 13.2 Å². The van der Waals surface area contributed by atoms with E-state index in [1.165, 1.54) is 12.1 Å². The van der Waals surface area contributed by atoms with Gasteiger partial charge in [0, 0.05) is 0 Å². The van der Waals surface area contributed by atoms with Gasteiger partial charge in [-0.2, -0.15) is 4.31 Å². The second kappa shape index (κ2) is 4.15. The Morgan fingerprint density at radius 2 is 1.88 bits per heavy atom. The van der Waals surface area contributed by atoms with E-state index in [1.807, 2.05) is 6.92 Å². The largest absolute Gasteiger partial charge is 0.277 e. The highest BCUT2D eigenvalue weighted by molar-refractivity contribution is 8.16. The van der Waals surface area contributed by atoms with Gasteiger partial charge in [-0.1, -0.05) is 29.5 Å². The summed E-state index contributed by atoms with van der Waals surface area (Å²) in [7, 11) is -3.92. The number of hydrogen-bond acceptors (Lipinski definition) is 5. The van der Waals surface area contributed by atoms with Crippen LogP contribution in [0.15, 0.2) is 29.2 Å². The zero-order chi connectivity index (χ0) is 12.6. The van der Waals surface area contributed by atoms with Gasteiger partial charge in [-0.05, 0) is 19.1 Å². The topological polar surface area (TPSA) is 78.3 Å². The Balaban J connectivity index is 2.46. The van der Waals surface area contributed by atoms with Crippen molar-refractivity contribution in [2.75, 3.05) is 5.75 Å². The predicted molar refractivity (Wildman–Crippen MR) is 65.4 cm³/mol. The molecule has 1 N–H and O–H groups in total. The molecule has 7 heteroatoms. The minimum Gasteiger partial charge on any atom is -0.277 e. The number of nitrogens with zero attached hydrogens (tertiary/aromatic N) is 1. The molecule has 1 saturated heterocycles. The maximum Gasteiger partial charge on any atom is 0.272 e. The van der Waals surface area contributed by atoms with Crippen molar-refractivity contribution in [3.8, 4) is 0 Å². The molecule has 1 aliphatic rings. The molecule has 1 aromatic carbocycles. The van der Waals surface area contributed by atoms with E-state index < -0.39 is 15.9 Å². The van der Waals surface area contributed by atoms with Crippen LogP contribution in [0.1, 0.15) is 5.56 Å². The fourth-order valence-corrected chi connectivity index (χ4v) is 3.80. The number of amides is 1. The van der Waals surface area contributed by atoms with Crippen LogP contribution in [0.5, 0.6) is 0 Å². The molecule has 0 unspecified atom stereocenters. The molecule has 1 fully saturated rings. The first kappa shape index (κ1) is 12.1. The van der Waals surface area contributed by atoms with Gasteiger partial charge in [-0.3, -0.25) is 10.2 Å². The molecule has 1 aliphatic heterocycles. The van der Waals surface area contributed by atoms with Crippen LogP contribution in [0.4, 0.5) is 0 Å². The van der Waals surface area contributed by atoms with Gasteiger partial charge in [0.1, 0.15) is 0 Å². The average Bonchev–Trinajstić information content (AvgIpc) is 2.59. The second-order valence-electron chi connectivity index (χ2n) is 3.57. The Morgan fingerprint density at radius 1 is 1.29 bits per heavy atom. The summed E-state index contributed by atoms with van der Waals surface area (Å²) in [5.41, 5.74) is 0.932. The summed E-state index contributed by atoms with van der Waals surface area (Å²) in [5, 5.41) is 7.23. The zero-order valence-electron chi connectivity index (χ0n) is 9.00. The van der Waals surface area contributed by atoms with Gasteiger partial charge in [-0.15, -0.1) is 0 Å². The van der Waals surface area contributed by atoms with Gasteiger partial charge in [0.25, 0.3) is 15.9 Å². The SMILES string of the molecule is Cc1ccc(S(=O)(=O)N2C(=N)SCC2=O)cc1. The molecule has 2 rings (SSSR count). The van der Waals surface area contributed by atoms with E-state index >= 15 is 0 Å². The molecule has 0 saturated carbocycles. The number of aryl methyl sites for hydroxylation is 1. The first-order valence-electron chi connectivity index (χ1n) is 4.79. The standard InChI is InChI=1S/C10H10N2O3S2/c1-7-2-4-8(5-3-7)17(14,15)12-9(13)6-16-10(12)11/h2-5,11H,6H2,1H3. The van der Waals surface area contributed by atoms with E-state index in [0.29, 0.717) is 4.31 Å². The number of nitrogens with one attached hydrogen (secondary N) is 1. The van der Waals surface area contributed by atoms with E-state index in [9.17, 15) is 13.2 Å². The normalized spacial score (nSPS) is 16.6. The van der Waals surface area contributed by atoms with Crippen molar-refractivity contribution >= 4 is 32.9 Å². The Kier molecular flexibility index (Phi) is 2.96. The molecule has 0 atom stereocenters. The number of carbonyl (C=O) groups is 1. The second-order valence-corrected chi connectivity index (χ2v) is 6.32. The molecule has 0 aliphatic carbocycles. The average molecular weight is 270 g/mol. The van der Waals surface area contributed by atoms with Gasteiger partial charge in [-0.25, -0.2) is 8.42 Å². The van der Waals surface area contributed by atoms with Crippen LogP contribution in [0.2, 0.25) is 0 Å². The van der Waals surface area contributed by atoms with Gasteiger partial charge < -0.3 is 0 Å². The number of rotatable bonds is 2. The lowest BCUT2D eigenvalue weighted by Crippen LogP contribution is -2.35. The minimum absolute atomic E-state index is 0.00389. The van der Waals surface area contributed by atoms with Crippen molar-refractivity contribution in [1.29, 1.82) is 5.41 Å². The number of benzene rings is 1. The Hall–Kier alpha value is -1.34. The third kappa shape index (κ3) is 2.07. The number of carbonyl (C=O) groups excluding carboxylic acids is 1. The number of amidine groups is 1. The van der Waals surface area contributed by atoms with E-state index in [2.05, 4.69) is 0 Å². The third-order valence-electron chi connectivity index (χ3n) is 2.30. The van der Waals surface area contributed by atoms with Crippen LogP contribution < -0.4 is 0 Å². The van der Waals surface area contributed by atoms with E-state index in [1.54, 1.807) is 12.1 Å². The first-order chi connectivity index (χ1) is 7.93. The van der Waals surface area contributed by atoms with Crippen LogP contribution in [-0.4, -0.2) is 29.6 Å².